The van der Waals surface area contributed by atoms with Gasteiger partial charge in [-0.1, -0.05) is 0 Å². The maximum atomic E-state index is 12.4. The molecule has 0 fully saturated rings. The molecule has 28 heavy (non-hydrogen) atoms. The Bertz CT molecular complexity index is 977. The van der Waals surface area contributed by atoms with Crippen molar-refractivity contribution in [2.75, 3.05) is 19.5 Å². The van der Waals surface area contributed by atoms with E-state index in [0.29, 0.717) is 11.4 Å². The van der Waals surface area contributed by atoms with Crippen LogP contribution in [-0.4, -0.2) is 37.0 Å². The molecule has 0 bridgehead atoms. The minimum atomic E-state index is -0.624. The molecule has 0 aliphatic heterocycles. The second kappa shape index (κ2) is 8.77. The Balaban J connectivity index is 1.75. The van der Waals surface area contributed by atoms with Crippen LogP contribution >= 0.6 is 22.7 Å². The van der Waals surface area contributed by atoms with E-state index in [0.717, 1.165) is 10.6 Å². The highest BCUT2D eigenvalue weighted by Crippen LogP contribution is 2.26. The zero-order valence-electron chi connectivity index (χ0n) is 15.1. The number of thiazole rings is 1. The summed E-state index contributed by atoms with van der Waals surface area (Å²) in [4.78, 5) is 40.5. The summed E-state index contributed by atoms with van der Waals surface area (Å²) in [6.45, 7) is 0. The number of hydrogen-bond donors (Lipinski definition) is 1. The lowest BCUT2D eigenvalue weighted by molar-refractivity contribution is -0.115. The van der Waals surface area contributed by atoms with Gasteiger partial charge in [0.15, 0.2) is 0 Å². The molecule has 0 saturated carbocycles. The first-order valence-corrected chi connectivity index (χ1v) is 9.91. The van der Waals surface area contributed by atoms with Gasteiger partial charge in [0.05, 0.1) is 37.5 Å². The van der Waals surface area contributed by atoms with E-state index >= 15 is 0 Å². The summed E-state index contributed by atoms with van der Waals surface area (Å²) in [5.41, 5.74) is 2.22. The molecule has 2 heterocycles. The first kappa shape index (κ1) is 19.7. The summed E-state index contributed by atoms with van der Waals surface area (Å²) < 4.78 is 9.37. The first-order valence-electron chi connectivity index (χ1n) is 8.08. The van der Waals surface area contributed by atoms with Crippen molar-refractivity contribution in [2.45, 2.75) is 6.42 Å². The van der Waals surface area contributed by atoms with Gasteiger partial charge in [0.2, 0.25) is 5.91 Å². The van der Waals surface area contributed by atoms with Crippen molar-refractivity contribution >= 4 is 46.2 Å². The number of benzene rings is 1. The van der Waals surface area contributed by atoms with E-state index in [-0.39, 0.29) is 23.5 Å². The fraction of sp³-hybridized carbons (Fsp3) is 0.158. The molecule has 7 nitrogen and oxygen atoms in total. The lowest BCUT2D eigenvalue weighted by Crippen LogP contribution is -2.16. The van der Waals surface area contributed by atoms with Crippen molar-refractivity contribution < 1.29 is 23.9 Å². The highest BCUT2D eigenvalue weighted by molar-refractivity contribution is 7.14. The number of methoxy groups -OCH3 is 2. The number of ether oxygens (including phenoxy) is 2. The van der Waals surface area contributed by atoms with Gasteiger partial charge in [-0.2, -0.15) is 11.3 Å². The number of nitrogens with zero attached hydrogens (tertiary/aromatic N) is 1. The number of carbonyl (C=O) groups is 3. The van der Waals surface area contributed by atoms with Crippen LogP contribution in [-0.2, 0) is 20.7 Å². The third kappa shape index (κ3) is 4.62. The third-order valence-corrected chi connectivity index (χ3v) is 5.34. The lowest BCUT2D eigenvalue weighted by Gasteiger charge is -2.09. The molecule has 2 aromatic heterocycles. The standard InChI is InChI=1S/C19H16N2O5S2/c1-25-18(23)12-5-13(19(24)26-2)7-14(6-12)20-16(22)8-15-10-28-17(21-15)11-3-4-27-9-11/h3-7,9-10H,8H2,1-2H3,(H,20,22). The molecule has 0 atom stereocenters. The van der Waals surface area contributed by atoms with Gasteiger partial charge in [-0.15, -0.1) is 11.3 Å². The summed E-state index contributed by atoms with van der Waals surface area (Å²) in [6.07, 6.45) is 0.0661. The number of aromatic nitrogens is 1. The fourth-order valence-corrected chi connectivity index (χ4v) is 3.98. The van der Waals surface area contributed by atoms with E-state index in [1.807, 2.05) is 22.2 Å². The molecule has 1 N–H and O–H groups in total. The van der Waals surface area contributed by atoms with Crippen LogP contribution in [0.4, 0.5) is 5.69 Å². The van der Waals surface area contributed by atoms with Crippen molar-refractivity contribution in [3.63, 3.8) is 0 Å². The predicted octanol–water partition coefficient (Wildman–Crippen LogP) is 3.63. The van der Waals surface area contributed by atoms with Crippen LogP contribution in [0.25, 0.3) is 10.6 Å². The molecule has 1 amide bonds. The van der Waals surface area contributed by atoms with Crippen molar-refractivity contribution in [1.82, 2.24) is 4.98 Å². The summed E-state index contributed by atoms with van der Waals surface area (Å²) in [7, 11) is 2.47. The van der Waals surface area contributed by atoms with Crippen molar-refractivity contribution in [2.24, 2.45) is 0 Å². The Kier molecular flexibility index (Phi) is 6.17. The number of amides is 1. The number of carbonyl (C=O) groups excluding carboxylic acids is 3. The van der Waals surface area contributed by atoms with Gasteiger partial charge in [-0.05, 0) is 29.6 Å². The van der Waals surface area contributed by atoms with Crippen molar-refractivity contribution in [3.8, 4) is 10.6 Å². The van der Waals surface area contributed by atoms with Gasteiger partial charge in [-0.25, -0.2) is 14.6 Å². The highest BCUT2D eigenvalue weighted by Gasteiger charge is 2.16. The zero-order valence-corrected chi connectivity index (χ0v) is 16.7. The predicted molar refractivity (Wildman–Crippen MR) is 107 cm³/mol. The summed E-state index contributed by atoms with van der Waals surface area (Å²) in [6, 6.07) is 6.20. The number of thiophene rings is 1. The number of esters is 2. The van der Waals surface area contributed by atoms with Crippen LogP contribution in [0.3, 0.4) is 0 Å². The first-order chi connectivity index (χ1) is 13.5. The molecule has 0 aliphatic rings. The van der Waals surface area contributed by atoms with Gasteiger partial charge >= 0.3 is 11.9 Å². The average Bonchev–Trinajstić information content (AvgIpc) is 3.38. The van der Waals surface area contributed by atoms with Crippen LogP contribution in [0.15, 0.2) is 40.4 Å². The average molecular weight is 416 g/mol. The van der Waals surface area contributed by atoms with E-state index < -0.39 is 11.9 Å². The number of rotatable bonds is 6. The Hall–Kier alpha value is -3.04. The topological polar surface area (TPSA) is 94.6 Å². The SMILES string of the molecule is COC(=O)c1cc(NC(=O)Cc2csc(-c3ccsc3)n2)cc(C(=O)OC)c1. The van der Waals surface area contributed by atoms with Gasteiger partial charge in [-0.3, -0.25) is 4.79 Å². The van der Waals surface area contributed by atoms with Crippen molar-refractivity contribution in [3.05, 3.63) is 57.2 Å². The van der Waals surface area contributed by atoms with Gasteiger partial charge in [0.1, 0.15) is 5.01 Å². The number of anilines is 1. The quantitative estimate of drug-likeness (QED) is 0.617. The number of hydrogen-bond acceptors (Lipinski definition) is 8. The second-order valence-electron chi connectivity index (χ2n) is 5.66. The van der Waals surface area contributed by atoms with E-state index in [1.54, 1.807) is 11.3 Å². The summed E-state index contributed by atoms with van der Waals surface area (Å²) in [5.74, 6) is -1.57. The smallest absolute Gasteiger partial charge is 0.337 e. The van der Waals surface area contributed by atoms with E-state index in [1.165, 1.54) is 43.8 Å². The van der Waals surface area contributed by atoms with Crippen LogP contribution in [0.1, 0.15) is 26.4 Å². The largest absolute Gasteiger partial charge is 0.465 e. The molecular weight excluding hydrogens is 400 g/mol. The van der Waals surface area contributed by atoms with E-state index in [9.17, 15) is 14.4 Å². The molecule has 0 spiro atoms. The van der Waals surface area contributed by atoms with Crippen molar-refractivity contribution in [1.29, 1.82) is 0 Å². The molecule has 0 aliphatic carbocycles. The molecule has 0 unspecified atom stereocenters. The Labute approximate surface area is 168 Å². The maximum absolute atomic E-state index is 12.4. The van der Waals surface area contributed by atoms with Gasteiger partial charge in [0, 0.05) is 22.0 Å². The van der Waals surface area contributed by atoms with Crippen LogP contribution in [0.2, 0.25) is 0 Å². The number of nitrogens with one attached hydrogen (secondary N) is 1. The normalized spacial score (nSPS) is 10.4. The minimum Gasteiger partial charge on any atom is -0.465 e. The maximum Gasteiger partial charge on any atom is 0.337 e. The fourth-order valence-electron chi connectivity index (χ4n) is 2.45. The molecule has 1 aromatic carbocycles. The Morgan fingerprint density at radius 1 is 1.04 bits per heavy atom. The molecule has 0 radical (unpaired) electrons. The van der Waals surface area contributed by atoms with Gasteiger partial charge < -0.3 is 14.8 Å². The van der Waals surface area contributed by atoms with Crippen LogP contribution < -0.4 is 5.32 Å². The molecule has 3 rings (SSSR count). The monoisotopic (exact) mass is 416 g/mol. The molecule has 144 valence electrons. The molecule has 3 aromatic rings. The Morgan fingerprint density at radius 2 is 1.71 bits per heavy atom. The second-order valence-corrected chi connectivity index (χ2v) is 7.30. The van der Waals surface area contributed by atoms with E-state index in [2.05, 4.69) is 19.8 Å². The van der Waals surface area contributed by atoms with E-state index in [4.69, 9.17) is 0 Å². The third-order valence-electron chi connectivity index (χ3n) is 3.72. The summed E-state index contributed by atoms with van der Waals surface area (Å²) in [5, 5.41) is 9.33. The molecule has 9 heteroatoms. The molecule has 0 saturated heterocycles. The molecular formula is C19H16N2O5S2. The zero-order chi connectivity index (χ0) is 20.1. The highest BCUT2D eigenvalue weighted by atomic mass is 32.1. The van der Waals surface area contributed by atoms with Gasteiger partial charge in [0.25, 0.3) is 0 Å². The van der Waals surface area contributed by atoms with Crippen LogP contribution in [0, 0.1) is 0 Å². The lowest BCUT2D eigenvalue weighted by atomic mass is 10.1. The van der Waals surface area contributed by atoms with Crippen LogP contribution in [0.5, 0.6) is 0 Å². The minimum absolute atomic E-state index is 0.0661. The summed E-state index contributed by atoms with van der Waals surface area (Å²) >= 11 is 3.05. The Morgan fingerprint density at radius 3 is 2.29 bits per heavy atom.